The molecular formula is C30H38ClN9O10. The summed E-state index contributed by atoms with van der Waals surface area (Å²) in [5.41, 5.74) is 0.958. The summed E-state index contributed by atoms with van der Waals surface area (Å²) in [5, 5.41) is 25.3. The van der Waals surface area contributed by atoms with E-state index in [9.17, 15) is 29.8 Å². The summed E-state index contributed by atoms with van der Waals surface area (Å²) in [4.78, 5) is 74.4. The largest absolute Gasteiger partial charge is 0.495 e. The van der Waals surface area contributed by atoms with E-state index in [1.807, 2.05) is 11.0 Å². The van der Waals surface area contributed by atoms with Gasteiger partial charge in [-0.1, -0.05) is 23.7 Å². The summed E-state index contributed by atoms with van der Waals surface area (Å²) in [6.45, 7) is 5.48. The van der Waals surface area contributed by atoms with Crippen LogP contribution >= 0.6 is 11.6 Å². The van der Waals surface area contributed by atoms with Gasteiger partial charge in [0.15, 0.2) is 0 Å². The van der Waals surface area contributed by atoms with Gasteiger partial charge in [0.1, 0.15) is 42.3 Å². The number of amides is 1. The van der Waals surface area contributed by atoms with Gasteiger partial charge in [-0.3, -0.25) is 9.59 Å². The van der Waals surface area contributed by atoms with E-state index in [4.69, 9.17) is 21.1 Å². The monoisotopic (exact) mass is 719 g/mol. The Morgan fingerprint density at radius 2 is 2.08 bits per heavy atom. The molecule has 0 bridgehead atoms. The van der Waals surface area contributed by atoms with E-state index in [0.717, 1.165) is 12.0 Å². The van der Waals surface area contributed by atoms with Crippen molar-refractivity contribution in [3.63, 3.8) is 0 Å². The van der Waals surface area contributed by atoms with Crippen LogP contribution in [0.1, 0.15) is 54.9 Å². The molecule has 2 N–H and O–H groups in total. The molecule has 0 saturated carbocycles. The molecule has 1 amide bonds. The van der Waals surface area contributed by atoms with Gasteiger partial charge in [-0.05, 0) is 57.0 Å². The van der Waals surface area contributed by atoms with Crippen molar-refractivity contribution in [2.45, 2.75) is 57.7 Å². The Bertz CT molecular complexity index is 1580. The van der Waals surface area contributed by atoms with Crippen LogP contribution in [0.15, 0.2) is 46.7 Å². The van der Waals surface area contributed by atoms with E-state index in [0.29, 0.717) is 35.5 Å². The molecule has 3 rings (SSSR count). The minimum atomic E-state index is -1.22. The van der Waals surface area contributed by atoms with Gasteiger partial charge in [-0.15, -0.1) is 20.2 Å². The summed E-state index contributed by atoms with van der Waals surface area (Å²) in [6, 6.07) is 5.01. The van der Waals surface area contributed by atoms with Crippen LogP contribution in [-0.4, -0.2) is 90.1 Å². The van der Waals surface area contributed by atoms with Crippen molar-refractivity contribution in [1.82, 2.24) is 15.3 Å². The number of methoxy groups -OCH3 is 1. The van der Waals surface area contributed by atoms with Crippen molar-refractivity contribution in [2.75, 3.05) is 43.6 Å². The van der Waals surface area contributed by atoms with Gasteiger partial charge in [0.25, 0.3) is 16.1 Å². The molecule has 0 spiro atoms. The molecule has 1 fully saturated rings. The number of hydrogen-bond donors (Lipinski definition) is 2. The highest BCUT2D eigenvalue weighted by atomic mass is 35.5. The first-order chi connectivity index (χ1) is 24.0. The number of allylic oxidation sites excluding steroid dienone is 1. The molecule has 1 aromatic carbocycles. The number of halogens is 1. The minimum absolute atomic E-state index is 0.0115. The van der Waals surface area contributed by atoms with Gasteiger partial charge in [-0.2, -0.15) is 4.98 Å². The van der Waals surface area contributed by atoms with Crippen LogP contribution in [0.4, 0.5) is 11.8 Å². The van der Waals surface area contributed by atoms with Gasteiger partial charge in [-0.25, -0.2) is 15.0 Å². The van der Waals surface area contributed by atoms with Crippen LogP contribution in [0.5, 0.6) is 5.75 Å². The number of ether oxygens (including phenoxy) is 2. The molecule has 2 atom stereocenters. The molecule has 1 saturated heterocycles. The Kier molecular flexibility index (Phi) is 15.6. The zero-order valence-electron chi connectivity index (χ0n) is 27.5. The van der Waals surface area contributed by atoms with E-state index < -0.39 is 34.8 Å². The van der Waals surface area contributed by atoms with Crippen LogP contribution in [-0.2, 0) is 25.8 Å². The third-order valence-electron chi connectivity index (χ3n) is 7.24. The lowest BCUT2D eigenvalue weighted by atomic mass is 10.1. The molecule has 0 aliphatic carbocycles. The highest BCUT2D eigenvalue weighted by molar-refractivity contribution is 6.32. The first-order valence-electron chi connectivity index (χ1n) is 15.4. The second kappa shape index (κ2) is 20.0. The van der Waals surface area contributed by atoms with E-state index in [1.165, 1.54) is 19.5 Å². The molecule has 1 aliphatic rings. The van der Waals surface area contributed by atoms with Crippen LogP contribution in [0.25, 0.3) is 0 Å². The number of nitrogens with zero attached hydrogens (tertiary/aromatic N) is 7. The number of rotatable bonds is 20. The van der Waals surface area contributed by atoms with Crippen molar-refractivity contribution in [3.8, 4) is 5.75 Å². The van der Waals surface area contributed by atoms with Crippen molar-refractivity contribution < 1.29 is 38.9 Å². The molecule has 0 radical (unpaired) electrons. The number of benzene rings is 1. The zero-order chi connectivity index (χ0) is 36.5. The maximum Gasteiger partial charge on any atom is 0.305 e. The van der Waals surface area contributed by atoms with E-state index in [1.54, 1.807) is 25.1 Å². The maximum atomic E-state index is 13.3. The molecule has 1 aromatic heterocycles. The molecule has 2 heterocycles. The van der Waals surface area contributed by atoms with Crippen LogP contribution in [0.2, 0.25) is 5.02 Å². The van der Waals surface area contributed by atoms with E-state index in [2.05, 4.69) is 47.0 Å². The number of aliphatic imine (C=N–C) groups is 2. The normalized spacial score (nSPS) is 14.9. The molecule has 19 nitrogen and oxygen atoms in total. The Hall–Kier alpha value is -5.59. The standard InChI is InChI=1S/C30H38ClN9O10/c1-4-12-33-26(32-2)17-35-29(42)23-16-36-30(37-28(23)34-15-20-10-11-25(47-3)24(31)14-20)38-13-6-7-21(38)18-48-27(41)9-5-8-22(50-40(45)46)19-49-39(43)44/h4,10-12,14,16,21-22H,2,5-9,13,15,17-19H2,1,3H3,(H,35,42)(H,34,36,37)/b12-4-,33-26-/t21-,22-/m0/s1. The first-order valence-corrected chi connectivity index (χ1v) is 15.8. The Morgan fingerprint density at radius 1 is 1.28 bits per heavy atom. The summed E-state index contributed by atoms with van der Waals surface area (Å²) >= 11 is 6.30. The fourth-order valence-electron chi connectivity index (χ4n) is 4.81. The van der Waals surface area contributed by atoms with Gasteiger partial charge in [0.2, 0.25) is 5.95 Å². The van der Waals surface area contributed by atoms with Gasteiger partial charge in [0, 0.05) is 31.9 Å². The summed E-state index contributed by atoms with van der Waals surface area (Å²) < 4.78 is 10.7. The zero-order valence-corrected chi connectivity index (χ0v) is 28.2. The summed E-state index contributed by atoms with van der Waals surface area (Å²) in [7, 11) is 1.52. The SMILES string of the molecule is C=N/C(CNC(=O)c1cnc(N2CCC[C@H]2COC(=O)CCC[C@@H](CO[N+](=O)[O-])O[N+](=O)[O-])nc1NCc1ccc(OC)c(Cl)c1)=N\C=C/C. The lowest BCUT2D eigenvalue weighted by Gasteiger charge is -2.25. The lowest BCUT2D eigenvalue weighted by Crippen LogP contribution is -2.36. The maximum absolute atomic E-state index is 13.3. The fraction of sp³-hybridized carbons (Fsp3) is 0.467. The number of esters is 1. The molecule has 0 unspecified atom stereocenters. The van der Waals surface area contributed by atoms with Gasteiger partial charge >= 0.3 is 5.97 Å². The number of aromatic nitrogens is 2. The average Bonchev–Trinajstić information content (AvgIpc) is 3.57. The smallest absolute Gasteiger partial charge is 0.305 e. The second-order valence-electron chi connectivity index (χ2n) is 10.7. The van der Waals surface area contributed by atoms with Crippen molar-refractivity contribution >= 4 is 47.8 Å². The topological polar surface area (TPSA) is 235 Å². The Morgan fingerprint density at radius 3 is 2.76 bits per heavy atom. The molecular weight excluding hydrogens is 682 g/mol. The van der Waals surface area contributed by atoms with Gasteiger partial charge < -0.3 is 34.7 Å². The second-order valence-corrected chi connectivity index (χ2v) is 11.1. The molecule has 270 valence electrons. The lowest BCUT2D eigenvalue weighted by molar-refractivity contribution is -0.790. The fourth-order valence-corrected chi connectivity index (χ4v) is 5.10. The number of hydrogen-bond acceptors (Lipinski definition) is 15. The molecule has 50 heavy (non-hydrogen) atoms. The predicted molar refractivity (Wildman–Crippen MR) is 181 cm³/mol. The number of amidine groups is 1. The third kappa shape index (κ3) is 12.5. The Balaban J connectivity index is 1.70. The highest BCUT2D eigenvalue weighted by Crippen LogP contribution is 2.27. The highest BCUT2D eigenvalue weighted by Gasteiger charge is 2.29. The number of carbonyl (C=O) groups is 2. The first kappa shape index (κ1) is 38.9. The molecule has 20 heteroatoms. The summed E-state index contributed by atoms with van der Waals surface area (Å²) in [5.74, 6) is 0.330. The number of carbonyl (C=O) groups excluding carboxylic acids is 2. The van der Waals surface area contributed by atoms with Crippen molar-refractivity contribution in [1.29, 1.82) is 0 Å². The predicted octanol–water partition coefficient (Wildman–Crippen LogP) is 3.58. The third-order valence-corrected chi connectivity index (χ3v) is 7.53. The molecule has 2 aromatic rings. The summed E-state index contributed by atoms with van der Waals surface area (Å²) in [6.07, 6.45) is 4.84. The van der Waals surface area contributed by atoms with E-state index in [-0.39, 0.29) is 56.4 Å². The van der Waals surface area contributed by atoms with Gasteiger partial charge in [0.05, 0.1) is 24.7 Å². The molecule has 1 aliphatic heterocycles. The van der Waals surface area contributed by atoms with E-state index >= 15 is 0 Å². The number of nitrogens with one attached hydrogen (secondary N) is 2. The average molecular weight is 720 g/mol. The van der Waals surface area contributed by atoms with Crippen LogP contribution in [0.3, 0.4) is 0 Å². The minimum Gasteiger partial charge on any atom is -0.495 e. The van der Waals surface area contributed by atoms with Crippen LogP contribution < -0.4 is 20.3 Å². The van der Waals surface area contributed by atoms with Crippen molar-refractivity contribution in [3.05, 3.63) is 73.1 Å². The van der Waals surface area contributed by atoms with Crippen molar-refractivity contribution in [2.24, 2.45) is 9.98 Å². The number of anilines is 2. The Labute approximate surface area is 291 Å². The quantitative estimate of drug-likeness (QED) is 0.0654. The van der Waals surface area contributed by atoms with Crippen LogP contribution in [0, 0.1) is 20.2 Å².